The molecule has 0 spiro atoms. The molecule has 3 heteroatoms. The van der Waals surface area contributed by atoms with E-state index in [1.165, 1.54) is 16.9 Å². The lowest BCUT2D eigenvalue weighted by molar-refractivity contribution is 0.403. The third-order valence-electron chi connectivity index (χ3n) is 2.95. The van der Waals surface area contributed by atoms with Crippen LogP contribution in [-0.2, 0) is 0 Å². The molecule has 1 aromatic carbocycles. The molecule has 0 heterocycles. The van der Waals surface area contributed by atoms with Gasteiger partial charge in [-0.15, -0.1) is 0 Å². The Labute approximate surface area is 122 Å². The highest BCUT2D eigenvalue weighted by atomic mass is 32.2. The maximum absolute atomic E-state index is 5.51. The topological polar surface area (TPSA) is 21.3 Å². The minimum absolute atomic E-state index is 0.364. The summed E-state index contributed by atoms with van der Waals surface area (Å²) in [6.07, 6.45) is 0. The number of thioether (sulfide) groups is 1. The number of methoxy groups -OCH3 is 1. The van der Waals surface area contributed by atoms with Gasteiger partial charge in [0.15, 0.2) is 0 Å². The maximum atomic E-state index is 5.51. The van der Waals surface area contributed by atoms with Crippen molar-refractivity contribution in [1.29, 1.82) is 0 Å². The van der Waals surface area contributed by atoms with Crippen LogP contribution in [0.15, 0.2) is 18.2 Å². The van der Waals surface area contributed by atoms with Crippen LogP contribution in [0.4, 0.5) is 0 Å². The Balaban J connectivity index is 2.81. The first-order valence-electron chi connectivity index (χ1n) is 7.04. The second-order valence-corrected chi connectivity index (χ2v) is 6.36. The van der Waals surface area contributed by atoms with Crippen LogP contribution < -0.4 is 10.1 Å². The smallest absolute Gasteiger partial charge is 0.123 e. The minimum Gasteiger partial charge on any atom is -0.496 e. The molecule has 0 amide bonds. The van der Waals surface area contributed by atoms with E-state index >= 15 is 0 Å². The number of rotatable bonds is 8. The highest BCUT2D eigenvalue weighted by molar-refractivity contribution is 7.99. The van der Waals surface area contributed by atoms with Crippen molar-refractivity contribution in [1.82, 2.24) is 5.32 Å². The zero-order valence-corrected chi connectivity index (χ0v) is 13.6. The molecule has 19 heavy (non-hydrogen) atoms. The fourth-order valence-electron chi connectivity index (χ4n) is 2.05. The van der Waals surface area contributed by atoms with Crippen LogP contribution in [0.5, 0.6) is 5.75 Å². The third kappa shape index (κ3) is 5.45. The van der Waals surface area contributed by atoms with E-state index in [0.717, 1.165) is 24.0 Å². The molecule has 0 aliphatic rings. The van der Waals surface area contributed by atoms with Crippen molar-refractivity contribution in [2.75, 3.05) is 25.2 Å². The molecule has 0 saturated heterocycles. The van der Waals surface area contributed by atoms with Gasteiger partial charge in [-0.05, 0) is 31.2 Å². The van der Waals surface area contributed by atoms with Gasteiger partial charge in [0.2, 0.25) is 0 Å². The van der Waals surface area contributed by atoms with E-state index in [2.05, 4.69) is 51.2 Å². The number of hydrogen-bond acceptors (Lipinski definition) is 3. The van der Waals surface area contributed by atoms with E-state index in [0.29, 0.717) is 6.04 Å². The lowest BCUT2D eigenvalue weighted by Crippen LogP contribution is -2.24. The van der Waals surface area contributed by atoms with E-state index in [9.17, 15) is 0 Å². The molecule has 1 unspecified atom stereocenters. The number of hydrogen-bond donors (Lipinski definition) is 1. The first-order chi connectivity index (χ1) is 9.08. The largest absolute Gasteiger partial charge is 0.496 e. The summed E-state index contributed by atoms with van der Waals surface area (Å²) in [5, 5.41) is 3.57. The quantitative estimate of drug-likeness (QED) is 0.777. The zero-order valence-electron chi connectivity index (χ0n) is 12.8. The molecule has 108 valence electrons. The molecule has 0 aliphatic carbocycles. The molecule has 1 N–H and O–H groups in total. The van der Waals surface area contributed by atoms with Gasteiger partial charge in [-0.2, -0.15) is 11.8 Å². The number of benzene rings is 1. The second-order valence-electron chi connectivity index (χ2n) is 5.29. The van der Waals surface area contributed by atoms with Crippen molar-refractivity contribution >= 4 is 11.8 Å². The zero-order chi connectivity index (χ0) is 14.3. The predicted octanol–water partition coefficient (Wildman–Crippen LogP) is 4.04. The molecule has 1 rings (SSSR count). The molecule has 2 nitrogen and oxygen atoms in total. The van der Waals surface area contributed by atoms with Crippen LogP contribution in [0.2, 0.25) is 0 Å². The molecular formula is C16H27NOS. The van der Waals surface area contributed by atoms with Crippen molar-refractivity contribution in [3.8, 4) is 5.75 Å². The van der Waals surface area contributed by atoms with Crippen LogP contribution in [0.1, 0.15) is 37.9 Å². The Morgan fingerprint density at radius 2 is 2.00 bits per heavy atom. The summed E-state index contributed by atoms with van der Waals surface area (Å²) in [6, 6.07) is 6.78. The minimum atomic E-state index is 0.364. The van der Waals surface area contributed by atoms with Gasteiger partial charge in [-0.1, -0.05) is 38.5 Å². The van der Waals surface area contributed by atoms with E-state index < -0.39 is 0 Å². The molecule has 0 aromatic heterocycles. The predicted molar refractivity (Wildman–Crippen MR) is 86.3 cm³/mol. The number of ether oxygens (including phenoxy) is 1. The maximum Gasteiger partial charge on any atom is 0.123 e. The average Bonchev–Trinajstić information content (AvgIpc) is 2.37. The number of nitrogens with one attached hydrogen (secondary N) is 1. The van der Waals surface area contributed by atoms with Gasteiger partial charge in [0.05, 0.1) is 7.11 Å². The highest BCUT2D eigenvalue weighted by Gasteiger charge is 2.15. The summed E-state index contributed by atoms with van der Waals surface area (Å²) in [5.41, 5.74) is 2.56. The van der Waals surface area contributed by atoms with Gasteiger partial charge >= 0.3 is 0 Å². The van der Waals surface area contributed by atoms with Crippen LogP contribution in [0.25, 0.3) is 0 Å². The van der Waals surface area contributed by atoms with Gasteiger partial charge in [0.1, 0.15) is 5.75 Å². The standard InChI is InChI=1S/C16H27NOS/c1-6-17-15(11-19-10-12(2)3)14-9-13(4)7-8-16(14)18-5/h7-9,12,15,17H,6,10-11H2,1-5H3. The monoisotopic (exact) mass is 281 g/mol. The third-order valence-corrected chi connectivity index (χ3v) is 4.42. The number of aryl methyl sites for hydroxylation is 1. The summed E-state index contributed by atoms with van der Waals surface area (Å²) < 4.78 is 5.51. The summed E-state index contributed by atoms with van der Waals surface area (Å²) in [6.45, 7) is 9.80. The van der Waals surface area contributed by atoms with Crippen LogP contribution in [0, 0.1) is 12.8 Å². The van der Waals surface area contributed by atoms with E-state index in [1.807, 2.05) is 11.8 Å². The summed E-state index contributed by atoms with van der Waals surface area (Å²) in [7, 11) is 1.75. The molecule has 0 fully saturated rings. The Hall–Kier alpha value is -0.670. The normalized spacial score (nSPS) is 12.7. The van der Waals surface area contributed by atoms with Crippen molar-refractivity contribution in [2.45, 2.75) is 33.7 Å². The molecular weight excluding hydrogens is 254 g/mol. The van der Waals surface area contributed by atoms with Crippen molar-refractivity contribution in [2.24, 2.45) is 5.92 Å². The Morgan fingerprint density at radius 1 is 1.26 bits per heavy atom. The van der Waals surface area contributed by atoms with Crippen LogP contribution in [-0.4, -0.2) is 25.2 Å². The van der Waals surface area contributed by atoms with Crippen LogP contribution in [0.3, 0.4) is 0 Å². The summed E-state index contributed by atoms with van der Waals surface area (Å²) in [4.78, 5) is 0. The lowest BCUT2D eigenvalue weighted by Gasteiger charge is -2.21. The Kier molecular flexibility index (Phi) is 7.32. The molecule has 0 radical (unpaired) electrons. The van der Waals surface area contributed by atoms with E-state index in [1.54, 1.807) is 7.11 Å². The van der Waals surface area contributed by atoms with Crippen molar-refractivity contribution in [3.05, 3.63) is 29.3 Å². The molecule has 0 bridgehead atoms. The SMILES string of the molecule is CCNC(CSCC(C)C)c1cc(C)ccc1OC. The fourth-order valence-corrected chi connectivity index (χ4v) is 3.19. The van der Waals surface area contributed by atoms with E-state index in [-0.39, 0.29) is 0 Å². The van der Waals surface area contributed by atoms with E-state index in [4.69, 9.17) is 4.74 Å². The molecule has 1 aromatic rings. The Bertz CT molecular complexity index is 379. The highest BCUT2D eigenvalue weighted by Crippen LogP contribution is 2.29. The molecule has 0 saturated carbocycles. The Morgan fingerprint density at radius 3 is 2.58 bits per heavy atom. The fraction of sp³-hybridized carbons (Fsp3) is 0.625. The molecule has 0 aliphatic heterocycles. The summed E-state index contributed by atoms with van der Waals surface area (Å²) >= 11 is 2.01. The molecule has 1 atom stereocenters. The van der Waals surface area contributed by atoms with Gasteiger partial charge in [0.25, 0.3) is 0 Å². The van der Waals surface area contributed by atoms with Gasteiger partial charge in [0, 0.05) is 17.4 Å². The average molecular weight is 281 g/mol. The van der Waals surface area contributed by atoms with Crippen molar-refractivity contribution < 1.29 is 4.74 Å². The van der Waals surface area contributed by atoms with Crippen molar-refractivity contribution in [3.63, 3.8) is 0 Å². The van der Waals surface area contributed by atoms with Crippen LogP contribution >= 0.6 is 11.8 Å². The second kappa shape index (κ2) is 8.49. The first-order valence-corrected chi connectivity index (χ1v) is 8.19. The van der Waals surface area contributed by atoms with Gasteiger partial charge in [-0.25, -0.2) is 0 Å². The summed E-state index contributed by atoms with van der Waals surface area (Å²) in [5.74, 6) is 4.02. The van der Waals surface area contributed by atoms with Gasteiger partial charge < -0.3 is 10.1 Å². The van der Waals surface area contributed by atoms with Gasteiger partial charge in [-0.3, -0.25) is 0 Å². The lowest BCUT2D eigenvalue weighted by atomic mass is 10.0. The first kappa shape index (κ1) is 16.4.